The molecule has 6 bridgehead atoms. The monoisotopic (exact) mass is 1180 g/mol. The first-order chi connectivity index (χ1) is 41.4. The molecule has 6 aromatic rings. The van der Waals surface area contributed by atoms with Gasteiger partial charge in [-0.25, -0.2) is 4.79 Å². The molecule has 87 heavy (non-hydrogen) atoms. The van der Waals surface area contributed by atoms with Crippen LogP contribution < -0.4 is 26.2 Å². The lowest BCUT2D eigenvalue weighted by Crippen LogP contribution is -2.73. The minimum Gasteiger partial charge on any atom is -0.508 e. The second-order valence-corrected chi connectivity index (χ2v) is 26.5. The Labute approximate surface area is 503 Å². The summed E-state index contributed by atoms with van der Waals surface area (Å²) in [4.78, 5) is 88.7. The van der Waals surface area contributed by atoms with E-state index in [1.54, 1.807) is 44.6 Å². The summed E-state index contributed by atoms with van der Waals surface area (Å²) in [5.74, 6) is 0.554. The molecule has 3 aromatic carbocycles. The summed E-state index contributed by atoms with van der Waals surface area (Å²) in [7, 11) is 10.7. The Hall–Kier alpha value is -7.52. The molecule has 6 aliphatic carbocycles. The number of Topliss-reactive ketones (excluding diaryl/α,β-unsaturated/α-hetero) is 2. The van der Waals surface area contributed by atoms with E-state index in [0.29, 0.717) is 44.9 Å². The predicted octanol–water partition coefficient (Wildman–Crippen LogP) is 4.12. The quantitative estimate of drug-likeness (QED) is 0.0945. The lowest BCUT2D eigenvalue weighted by atomic mass is 9.49. The van der Waals surface area contributed by atoms with Gasteiger partial charge in [-0.2, -0.15) is 0 Å². The number of methoxy groups -OCH3 is 3. The third-order valence-corrected chi connectivity index (χ3v) is 22.5. The minimum atomic E-state index is -1.03. The van der Waals surface area contributed by atoms with Crippen molar-refractivity contribution in [2.24, 2.45) is 0 Å². The fourth-order valence-corrected chi connectivity index (χ4v) is 18.0. The number of pyridine rings is 3. The molecular weight excluding hydrogens is 1110 g/mol. The highest BCUT2D eigenvalue weighted by Gasteiger charge is 2.67. The van der Waals surface area contributed by atoms with Crippen LogP contribution in [0.5, 0.6) is 17.2 Å². The number of aromatic hydroxyl groups is 1. The summed E-state index contributed by atoms with van der Waals surface area (Å²) in [6, 6.07) is 22.5. The number of benzene rings is 3. The standard InChI is InChI=1S/C23H26N2O5.C23H26N2O4.C22H24N2O4/c1-25-7-6-22-12-18-14(8-16(20(26)24-18)21(27)30-3)11-23(22,28)19(25)9-13-4-5-15(29-2)10-17(13)22;1-13(26)17-8-15-11-23(28)20-9-14-4-5-16(29-3)10-18(14)22(23,6-7-25(20)2)12-19(15)24-21(17)27;1-12(25)16-7-14-10-22(28)19-8-13-3-4-15(26)9-17(13)21(22,5-6-24(19)2)11-18(14)23-20(16)27/h4-5,8,10,19,28H,6-7,9,11-12H2,1-3H3,(H,24,26);4-5,8,10,20,28H,6-7,9,11-12H2,1-3H3,(H,24,27);3-4,7,9,19,26,28H,5-6,8,10-11H2,1-2H3,(H,23,27)/t19-,22-,23-;20-,22-,23-;19-,21-,22-/m111/s1. The normalized spacial score (nSPS) is 30.1. The van der Waals surface area contributed by atoms with Crippen molar-refractivity contribution < 1.29 is 49.0 Å². The molecule has 9 atom stereocenters. The summed E-state index contributed by atoms with van der Waals surface area (Å²) < 4.78 is 15.7. The van der Waals surface area contributed by atoms with Crippen molar-refractivity contribution >= 4 is 17.5 Å². The van der Waals surface area contributed by atoms with E-state index in [-0.39, 0.29) is 63.3 Å². The molecule has 0 amide bonds. The SMILES string of the molecule is CC(=O)c1cc2c([nH]c1=O)C[C@]13CCN(C)[C@H](Cc4ccc(O)cc41)[C@]3(O)C2.COC(=O)c1cc2c([nH]c1=O)C[C@]13CCN(C)[C@H](Cc4ccc(OC)cc41)[C@]3(O)C2.COc1ccc2c(c1)[C@]13CCN(C)[C@H](C2)[C@]1(O)Cc1cc(C(C)=O)c(=O)[nH]c1C3. The number of H-pyrrole nitrogens is 3. The Morgan fingerprint density at radius 1 is 0.471 bits per heavy atom. The fourth-order valence-electron chi connectivity index (χ4n) is 18.0. The second-order valence-electron chi connectivity index (χ2n) is 26.5. The van der Waals surface area contributed by atoms with Gasteiger partial charge in [-0.15, -0.1) is 0 Å². The molecule has 7 N–H and O–H groups in total. The molecule has 6 heterocycles. The van der Waals surface area contributed by atoms with Gasteiger partial charge in [0.05, 0.1) is 49.3 Å². The molecular formula is C68H76N6O13. The molecule has 3 saturated heterocycles. The molecule has 19 heteroatoms. The highest BCUT2D eigenvalue weighted by atomic mass is 16.5. The summed E-state index contributed by atoms with van der Waals surface area (Å²) in [6.45, 7) is 5.38. The first kappa shape index (κ1) is 58.5. The number of phenolic OH excluding ortho intramolecular Hbond substituents is 1. The van der Waals surface area contributed by atoms with Crippen LogP contribution in [0.25, 0.3) is 0 Å². The number of esters is 1. The topological polar surface area (TPSA) is 268 Å². The van der Waals surface area contributed by atoms with E-state index in [1.165, 1.54) is 32.1 Å². The van der Waals surface area contributed by atoms with Gasteiger partial charge in [0.1, 0.15) is 22.8 Å². The van der Waals surface area contributed by atoms with Crippen molar-refractivity contribution in [3.8, 4) is 17.2 Å². The third-order valence-electron chi connectivity index (χ3n) is 22.5. The van der Waals surface area contributed by atoms with Gasteiger partial charge in [0, 0.05) is 90.0 Å². The van der Waals surface area contributed by atoms with Crippen LogP contribution in [0.2, 0.25) is 0 Å². The zero-order valence-electron chi connectivity index (χ0n) is 50.6. The number of piperidine rings is 3. The van der Waals surface area contributed by atoms with Crippen LogP contribution in [0, 0.1) is 0 Å². The number of aliphatic hydroxyl groups is 3. The minimum absolute atomic E-state index is 0.0157. The number of fused-ring (bicyclic) bond motifs is 6. The Kier molecular flexibility index (Phi) is 13.8. The fraction of sp³-hybridized carbons (Fsp3) is 0.471. The molecule has 19 nitrogen and oxygen atoms in total. The summed E-state index contributed by atoms with van der Waals surface area (Å²) >= 11 is 0. The highest BCUT2D eigenvalue weighted by molar-refractivity contribution is 5.94. The number of phenols is 1. The van der Waals surface area contributed by atoms with Gasteiger partial charge in [-0.05, 0) is 198 Å². The van der Waals surface area contributed by atoms with E-state index in [9.17, 15) is 49.2 Å². The average molecular weight is 1190 g/mol. The number of carbonyl (C=O) groups is 3. The van der Waals surface area contributed by atoms with Crippen molar-refractivity contribution in [3.05, 3.63) is 188 Å². The van der Waals surface area contributed by atoms with Crippen LogP contribution in [0.3, 0.4) is 0 Å². The van der Waals surface area contributed by atoms with E-state index in [1.807, 2.05) is 31.3 Å². The van der Waals surface area contributed by atoms with Crippen LogP contribution in [0.4, 0.5) is 0 Å². The van der Waals surface area contributed by atoms with Gasteiger partial charge in [-0.1, -0.05) is 18.2 Å². The van der Waals surface area contributed by atoms with Crippen LogP contribution in [-0.4, -0.2) is 165 Å². The lowest BCUT2D eigenvalue weighted by molar-refractivity contribution is -0.145. The molecule has 0 spiro atoms. The third kappa shape index (κ3) is 8.49. The first-order valence-electron chi connectivity index (χ1n) is 30.2. The number of likely N-dealkylation sites (tertiary alicyclic amines) is 3. The number of nitrogens with zero attached hydrogens (tertiary/aromatic N) is 3. The van der Waals surface area contributed by atoms with Crippen molar-refractivity contribution in [3.63, 3.8) is 0 Å². The van der Waals surface area contributed by atoms with Crippen LogP contribution in [0.15, 0.2) is 87.2 Å². The lowest BCUT2D eigenvalue weighted by Gasteiger charge is -2.63. The van der Waals surface area contributed by atoms with Crippen molar-refractivity contribution in [1.29, 1.82) is 0 Å². The van der Waals surface area contributed by atoms with Gasteiger partial charge in [0.15, 0.2) is 11.6 Å². The van der Waals surface area contributed by atoms with E-state index in [2.05, 4.69) is 61.9 Å². The second kappa shape index (κ2) is 20.5. The maximum absolute atomic E-state index is 12.6. The molecule has 456 valence electrons. The zero-order valence-corrected chi connectivity index (χ0v) is 50.6. The van der Waals surface area contributed by atoms with Crippen molar-refractivity contribution in [2.75, 3.05) is 62.1 Å². The molecule has 3 aliphatic heterocycles. The number of hydrogen-bond donors (Lipinski definition) is 7. The van der Waals surface area contributed by atoms with Gasteiger partial charge in [0.2, 0.25) is 0 Å². The van der Waals surface area contributed by atoms with Crippen molar-refractivity contribution in [2.45, 2.75) is 142 Å². The number of aromatic nitrogens is 3. The van der Waals surface area contributed by atoms with Crippen LogP contribution >= 0.6 is 0 Å². The molecule has 0 unspecified atom stereocenters. The van der Waals surface area contributed by atoms with Crippen LogP contribution in [-0.2, 0) is 78.8 Å². The average Bonchev–Trinajstić information content (AvgIpc) is 0.721. The number of ether oxygens (including phenoxy) is 3. The van der Waals surface area contributed by atoms with Gasteiger partial charge < -0.3 is 64.3 Å². The zero-order chi connectivity index (χ0) is 61.7. The number of ketones is 2. The highest BCUT2D eigenvalue weighted by Crippen LogP contribution is 2.60. The summed E-state index contributed by atoms with van der Waals surface area (Å²) in [5, 5.41) is 46.8. The van der Waals surface area contributed by atoms with Crippen molar-refractivity contribution in [1.82, 2.24) is 29.7 Å². The number of hydrogen-bond acceptors (Lipinski definition) is 16. The Morgan fingerprint density at radius 3 is 1.15 bits per heavy atom. The Balaban J connectivity index is 0.000000121. The summed E-state index contributed by atoms with van der Waals surface area (Å²) in [5.41, 5.74) is 6.29. The number of aromatic amines is 3. The van der Waals surface area contributed by atoms with Crippen LogP contribution in [0.1, 0.15) is 131 Å². The molecule has 0 saturated carbocycles. The Bertz CT molecular complexity index is 4100. The molecule has 3 fully saturated rings. The Morgan fingerprint density at radius 2 is 0.805 bits per heavy atom. The molecule has 9 aliphatic rings. The maximum Gasteiger partial charge on any atom is 0.343 e. The maximum atomic E-state index is 12.6. The van der Waals surface area contributed by atoms with E-state index < -0.39 is 44.6 Å². The summed E-state index contributed by atoms with van der Waals surface area (Å²) in [6.07, 6.45) is 7.27. The number of rotatable bonds is 5. The molecule has 0 radical (unpaired) electrons. The van der Waals surface area contributed by atoms with E-state index in [0.717, 1.165) is 119 Å². The number of nitrogens with one attached hydrogen (secondary N) is 3. The smallest absolute Gasteiger partial charge is 0.343 e. The predicted molar refractivity (Wildman–Crippen MR) is 323 cm³/mol. The molecule has 3 aromatic heterocycles. The van der Waals surface area contributed by atoms with Gasteiger partial charge in [0.25, 0.3) is 16.7 Å². The van der Waals surface area contributed by atoms with Gasteiger partial charge in [-0.3, -0.25) is 24.0 Å². The first-order valence-corrected chi connectivity index (χ1v) is 30.2. The molecule has 15 rings (SSSR count). The van der Waals surface area contributed by atoms with E-state index in [4.69, 9.17) is 14.2 Å². The van der Waals surface area contributed by atoms with Gasteiger partial charge >= 0.3 is 5.97 Å². The number of carbonyl (C=O) groups excluding carboxylic acids is 3. The number of likely N-dealkylation sites (N-methyl/N-ethyl adjacent to an activating group) is 3. The van der Waals surface area contributed by atoms with E-state index >= 15 is 0 Å². The largest absolute Gasteiger partial charge is 0.508 e.